The summed E-state index contributed by atoms with van der Waals surface area (Å²) >= 11 is 1.60. The minimum atomic E-state index is 0.483. The summed E-state index contributed by atoms with van der Waals surface area (Å²) in [6.45, 7) is 8.01. The molecule has 6 nitrogen and oxygen atoms in total. The molecule has 0 radical (unpaired) electrons. The lowest BCUT2D eigenvalue weighted by Crippen LogP contribution is -2.69. The van der Waals surface area contributed by atoms with Gasteiger partial charge in [-0.15, -0.1) is 0 Å². The first-order chi connectivity index (χ1) is 11.5. The monoisotopic (exact) mass is 342 g/mol. The van der Waals surface area contributed by atoms with Gasteiger partial charge in [-0.3, -0.25) is 0 Å². The van der Waals surface area contributed by atoms with Gasteiger partial charge in [-0.25, -0.2) is 19.9 Å². The van der Waals surface area contributed by atoms with Crippen LogP contribution in [0.3, 0.4) is 0 Å². The molecule has 5 heterocycles. The average Bonchev–Trinajstić information content (AvgIpc) is 2.53. The summed E-state index contributed by atoms with van der Waals surface area (Å²) in [5, 5.41) is 0.851. The van der Waals surface area contributed by atoms with Crippen LogP contribution in [-0.2, 0) is 0 Å². The molecule has 3 aliphatic rings. The van der Waals surface area contributed by atoms with Crippen molar-refractivity contribution >= 4 is 23.5 Å². The van der Waals surface area contributed by atoms with Crippen LogP contribution in [0.5, 0.6) is 0 Å². The number of aryl methyl sites for hydroxylation is 3. The molecule has 3 aliphatic heterocycles. The molecule has 5 rings (SSSR count). The van der Waals surface area contributed by atoms with Crippen LogP contribution < -0.4 is 9.80 Å². The fourth-order valence-electron chi connectivity index (χ4n) is 3.74. The van der Waals surface area contributed by atoms with Crippen molar-refractivity contribution in [1.29, 1.82) is 0 Å². The average molecular weight is 342 g/mol. The summed E-state index contributed by atoms with van der Waals surface area (Å²) < 4.78 is 0. The van der Waals surface area contributed by atoms with Gasteiger partial charge in [0.05, 0.1) is 12.1 Å². The van der Waals surface area contributed by atoms with E-state index in [1.807, 2.05) is 33.1 Å². The summed E-state index contributed by atoms with van der Waals surface area (Å²) in [5.74, 6) is 1.93. The SMILES string of the molecule is CSc1nc(C)cc(N2C3CC2CN(c2nc(C)cc(C)n2)C3)n1. The molecule has 2 unspecified atom stereocenters. The van der Waals surface area contributed by atoms with Crippen LogP contribution in [0, 0.1) is 20.8 Å². The molecule has 0 spiro atoms. The Morgan fingerprint density at radius 1 is 0.917 bits per heavy atom. The van der Waals surface area contributed by atoms with Gasteiger partial charge in [-0.1, -0.05) is 11.8 Å². The Labute approximate surface area is 146 Å². The van der Waals surface area contributed by atoms with E-state index < -0.39 is 0 Å². The number of rotatable bonds is 3. The van der Waals surface area contributed by atoms with Gasteiger partial charge < -0.3 is 9.80 Å². The second-order valence-corrected chi connectivity index (χ2v) is 7.43. The Morgan fingerprint density at radius 2 is 1.54 bits per heavy atom. The van der Waals surface area contributed by atoms with Crippen LogP contribution >= 0.6 is 11.8 Å². The van der Waals surface area contributed by atoms with Crippen molar-refractivity contribution in [2.75, 3.05) is 29.1 Å². The van der Waals surface area contributed by atoms with Gasteiger partial charge in [0.2, 0.25) is 5.95 Å². The molecule has 2 bridgehead atoms. The first-order valence-electron chi connectivity index (χ1n) is 8.28. The highest BCUT2D eigenvalue weighted by atomic mass is 32.2. The predicted molar refractivity (Wildman–Crippen MR) is 96.9 cm³/mol. The number of hydrogen-bond donors (Lipinski definition) is 0. The second-order valence-electron chi connectivity index (χ2n) is 6.66. The van der Waals surface area contributed by atoms with E-state index in [1.165, 1.54) is 6.42 Å². The Balaban J connectivity index is 1.55. The summed E-state index contributed by atoms with van der Waals surface area (Å²) in [7, 11) is 0. The number of piperazine rings is 1. The molecule has 0 aliphatic carbocycles. The van der Waals surface area contributed by atoms with Crippen LogP contribution in [0.15, 0.2) is 17.3 Å². The van der Waals surface area contributed by atoms with E-state index in [4.69, 9.17) is 4.98 Å². The minimum absolute atomic E-state index is 0.483. The molecule has 2 aromatic heterocycles. The Kier molecular flexibility index (Phi) is 3.83. The summed E-state index contributed by atoms with van der Waals surface area (Å²) in [6.07, 6.45) is 3.24. The third kappa shape index (κ3) is 2.70. The number of thioether (sulfide) groups is 1. The smallest absolute Gasteiger partial charge is 0.225 e. The number of piperidine rings is 1. The molecule has 24 heavy (non-hydrogen) atoms. The van der Waals surface area contributed by atoms with Gasteiger partial charge in [0.1, 0.15) is 5.82 Å². The molecule has 0 aromatic carbocycles. The van der Waals surface area contributed by atoms with Gasteiger partial charge >= 0.3 is 0 Å². The zero-order chi connectivity index (χ0) is 16.8. The van der Waals surface area contributed by atoms with Gasteiger partial charge in [0, 0.05) is 36.2 Å². The third-order valence-electron chi connectivity index (χ3n) is 4.71. The molecule has 3 fully saturated rings. The first kappa shape index (κ1) is 15.6. The minimum Gasteiger partial charge on any atom is -0.347 e. The van der Waals surface area contributed by atoms with Crippen molar-refractivity contribution in [3.05, 3.63) is 29.2 Å². The van der Waals surface area contributed by atoms with Crippen molar-refractivity contribution in [3.63, 3.8) is 0 Å². The molecule has 126 valence electrons. The highest BCUT2D eigenvalue weighted by molar-refractivity contribution is 7.98. The van der Waals surface area contributed by atoms with E-state index in [0.29, 0.717) is 12.1 Å². The van der Waals surface area contributed by atoms with Crippen LogP contribution in [0.25, 0.3) is 0 Å². The highest BCUT2D eigenvalue weighted by Crippen LogP contribution is 2.37. The van der Waals surface area contributed by atoms with Gasteiger partial charge in [-0.05, 0) is 39.5 Å². The Morgan fingerprint density at radius 3 is 2.17 bits per heavy atom. The largest absolute Gasteiger partial charge is 0.347 e. The van der Waals surface area contributed by atoms with E-state index in [2.05, 4.69) is 30.8 Å². The standard InChI is InChI=1S/C17H22N6S/c1-10-5-11(2)19-16(18-10)22-8-13-7-14(9-22)23(13)15-6-12(3)20-17(21-15)24-4/h5-6,13-14H,7-9H2,1-4H3. The molecule has 7 heteroatoms. The number of fused-ring (bicyclic) bond motifs is 2. The number of hydrogen-bond acceptors (Lipinski definition) is 7. The normalized spacial score (nSPS) is 22.5. The summed E-state index contributed by atoms with van der Waals surface area (Å²) in [5.41, 5.74) is 3.10. The Bertz CT molecular complexity index is 747. The lowest BCUT2D eigenvalue weighted by Gasteiger charge is -2.56. The van der Waals surface area contributed by atoms with Crippen LogP contribution in [0.2, 0.25) is 0 Å². The zero-order valence-corrected chi connectivity index (χ0v) is 15.3. The van der Waals surface area contributed by atoms with E-state index in [1.54, 1.807) is 11.8 Å². The highest BCUT2D eigenvalue weighted by Gasteiger charge is 2.46. The zero-order valence-electron chi connectivity index (χ0n) is 14.5. The molecule has 2 atom stereocenters. The van der Waals surface area contributed by atoms with E-state index in [-0.39, 0.29) is 0 Å². The molecular weight excluding hydrogens is 320 g/mol. The van der Waals surface area contributed by atoms with E-state index in [0.717, 1.165) is 47.1 Å². The number of anilines is 2. The van der Waals surface area contributed by atoms with Crippen molar-refractivity contribution in [2.45, 2.75) is 44.4 Å². The topological polar surface area (TPSA) is 58.0 Å². The quantitative estimate of drug-likeness (QED) is 0.627. The van der Waals surface area contributed by atoms with Crippen LogP contribution in [0.1, 0.15) is 23.5 Å². The first-order valence-corrected chi connectivity index (χ1v) is 9.51. The molecule has 2 aromatic rings. The van der Waals surface area contributed by atoms with Crippen LogP contribution in [0.4, 0.5) is 11.8 Å². The van der Waals surface area contributed by atoms with Crippen LogP contribution in [-0.4, -0.2) is 51.4 Å². The van der Waals surface area contributed by atoms with E-state index in [9.17, 15) is 0 Å². The van der Waals surface area contributed by atoms with Crippen molar-refractivity contribution in [1.82, 2.24) is 19.9 Å². The predicted octanol–water partition coefficient (Wildman–Crippen LogP) is 2.38. The van der Waals surface area contributed by atoms with Crippen molar-refractivity contribution in [3.8, 4) is 0 Å². The fraction of sp³-hybridized carbons (Fsp3) is 0.529. The summed E-state index contributed by atoms with van der Waals surface area (Å²) in [4.78, 5) is 23.2. The third-order valence-corrected chi connectivity index (χ3v) is 5.26. The molecule has 3 saturated heterocycles. The lowest BCUT2D eigenvalue weighted by molar-refractivity contribution is 0.286. The molecule has 0 saturated carbocycles. The second kappa shape index (κ2) is 5.88. The van der Waals surface area contributed by atoms with E-state index >= 15 is 0 Å². The Hall–Kier alpha value is -1.89. The maximum absolute atomic E-state index is 4.71. The number of nitrogens with zero attached hydrogens (tertiary/aromatic N) is 6. The molecule has 0 N–H and O–H groups in total. The summed E-state index contributed by atoms with van der Waals surface area (Å²) in [6, 6.07) is 5.09. The fourth-order valence-corrected chi connectivity index (χ4v) is 4.16. The van der Waals surface area contributed by atoms with Gasteiger partial charge in [0.15, 0.2) is 5.16 Å². The molecule has 0 amide bonds. The molecular formula is C17H22N6S. The van der Waals surface area contributed by atoms with Crippen molar-refractivity contribution < 1.29 is 0 Å². The number of aromatic nitrogens is 4. The van der Waals surface area contributed by atoms with Crippen molar-refractivity contribution in [2.24, 2.45) is 0 Å². The van der Waals surface area contributed by atoms with Gasteiger partial charge in [0.25, 0.3) is 0 Å². The maximum atomic E-state index is 4.71. The maximum Gasteiger partial charge on any atom is 0.225 e. The lowest BCUT2D eigenvalue weighted by atomic mass is 9.87. The van der Waals surface area contributed by atoms with Gasteiger partial charge in [-0.2, -0.15) is 0 Å².